The Morgan fingerprint density at radius 1 is 1.36 bits per heavy atom. The highest BCUT2D eigenvalue weighted by Gasteiger charge is 2.19. The molecular weight excluding hydrogens is 323 g/mol. The van der Waals surface area contributed by atoms with Crippen molar-refractivity contribution < 1.29 is 9.53 Å². The SMILES string of the molecule is CC(N)C(C)C(=O)Nc1ccc(OC2CCCC2)c(Cl)c1.Cl. The molecule has 0 spiro atoms. The first kappa shape index (κ1) is 19.1. The lowest BCUT2D eigenvalue weighted by Gasteiger charge is -2.17. The fourth-order valence-corrected chi connectivity index (χ4v) is 2.58. The highest BCUT2D eigenvalue weighted by Crippen LogP contribution is 2.31. The molecule has 0 bridgehead atoms. The van der Waals surface area contributed by atoms with Gasteiger partial charge in [-0.05, 0) is 50.8 Å². The molecule has 1 amide bonds. The third-order valence-electron chi connectivity index (χ3n) is 4.00. The van der Waals surface area contributed by atoms with Crippen LogP contribution in [-0.4, -0.2) is 18.1 Å². The molecule has 4 nitrogen and oxygen atoms in total. The van der Waals surface area contributed by atoms with Crippen molar-refractivity contribution in [1.82, 2.24) is 0 Å². The van der Waals surface area contributed by atoms with Crippen LogP contribution in [0.2, 0.25) is 5.02 Å². The van der Waals surface area contributed by atoms with Gasteiger partial charge in [-0.1, -0.05) is 18.5 Å². The zero-order valence-corrected chi connectivity index (χ0v) is 14.5. The quantitative estimate of drug-likeness (QED) is 0.846. The summed E-state index contributed by atoms with van der Waals surface area (Å²) >= 11 is 6.23. The number of nitrogens with one attached hydrogen (secondary N) is 1. The van der Waals surface area contributed by atoms with E-state index in [2.05, 4.69) is 5.32 Å². The average Bonchev–Trinajstić information content (AvgIpc) is 2.93. The van der Waals surface area contributed by atoms with Crippen LogP contribution in [0.4, 0.5) is 5.69 Å². The monoisotopic (exact) mass is 346 g/mol. The molecule has 1 aliphatic carbocycles. The number of carbonyl (C=O) groups is 1. The second-order valence-corrected chi connectivity index (χ2v) is 6.21. The van der Waals surface area contributed by atoms with E-state index >= 15 is 0 Å². The smallest absolute Gasteiger partial charge is 0.228 e. The molecule has 2 unspecified atom stereocenters. The van der Waals surface area contributed by atoms with E-state index in [1.807, 2.05) is 19.1 Å². The Morgan fingerprint density at radius 3 is 2.55 bits per heavy atom. The standard InChI is InChI=1S/C16H23ClN2O2.ClH/c1-10(11(2)18)16(20)19-12-7-8-15(14(17)9-12)21-13-5-3-4-6-13;/h7-11,13H,3-6,18H2,1-2H3,(H,19,20);1H. The maximum Gasteiger partial charge on any atom is 0.228 e. The Hall–Kier alpha value is -0.970. The van der Waals surface area contributed by atoms with E-state index in [1.165, 1.54) is 12.8 Å². The minimum atomic E-state index is -0.252. The van der Waals surface area contributed by atoms with Gasteiger partial charge in [-0.3, -0.25) is 4.79 Å². The number of anilines is 1. The van der Waals surface area contributed by atoms with Gasteiger partial charge in [0.2, 0.25) is 5.91 Å². The van der Waals surface area contributed by atoms with E-state index in [4.69, 9.17) is 22.1 Å². The lowest BCUT2D eigenvalue weighted by atomic mass is 10.0. The summed E-state index contributed by atoms with van der Waals surface area (Å²) in [6, 6.07) is 5.15. The van der Waals surface area contributed by atoms with Crippen molar-refractivity contribution in [2.75, 3.05) is 5.32 Å². The zero-order valence-electron chi connectivity index (χ0n) is 13.0. The molecule has 0 radical (unpaired) electrons. The van der Waals surface area contributed by atoms with Crippen molar-refractivity contribution in [2.45, 2.75) is 51.7 Å². The van der Waals surface area contributed by atoms with E-state index in [9.17, 15) is 4.79 Å². The molecule has 0 aliphatic heterocycles. The van der Waals surface area contributed by atoms with E-state index in [1.54, 1.807) is 13.0 Å². The third kappa shape index (κ3) is 5.04. The molecule has 2 rings (SSSR count). The molecule has 1 aromatic carbocycles. The summed E-state index contributed by atoms with van der Waals surface area (Å²) in [6.45, 7) is 3.62. The number of nitrogens with two attached hydrogens (primary N) is 1. The Labute approximate surface area is 143 Å². The van der Waals surface area contributed by atoms with Crippen LogP contribution in [-0.2, 0) is 4.79 Å². The zero-order chi connectivity index (χ0) is 15.4. The van der Waals surface area contributed by atoms with Gasteiger partial charge >= 0.3 is 0 Å². The molecule has 1 fully saturated rings. The summed E-state index contributed by atoms with van der Waals surface area (Å²) in [6.07, 6.45) is 4.86. The Kier molecular flexibility index (Phi) is 7.46. The molecule has 1 aromatic rings. The summed E-state index contributed by atoms with van der Waals surface area (Å²) in [5, 5.41) is 3.35. The largest absolute Gasteiger partial charge is 0.489 e. The lowest BCUT2D eigenvalue weighted by Crippen LogP contribution is -2.34. The number of hydrogen-bond donors (Lipinski definition) is 2. The minimum Gasteiger partial charge on any atom is -0.489 e. The Morgan fingerprint density at radius 2 is 2.00 bits per heavy atom. The van der Waals surface area contributed by atoms with Gasteiger partial charge < -0.3 is 15.8 Å². The van der Waals surface area contributed by atoms with Crippen molar-refractivity contribution in [2.24, 2.45) is 11.7 Å². The number of rotatable bonds is 5. The topological polar surface area (TPSA) is 64.4 Å². The summed E-state index contributed by atoms with van der Waals surface area (Å²) in [4.78, 5) is 12.0. The summed E-state index contributed by atoms with van der Waals surface area (Å²) < 4.78 is 5.89. The van der Waals surface area contributed by atoms with Gasteiger partial charge in [-0.2, -0.15) is 0 Å². The molecule has 22 heavy (non-hydrogen) atoms. The van der Waals surface area contributed by atoms with Gasteiger partial charge in [0.05, 0.1) is 17.0 Å². The van der Waals surface area contributed by atoms with Crippen LogP contribution in [0.15, 0.2) is 18.2 Å². The maximum absolute atomic E-state index is 12.0. The van der Waals surface area contributed by atoms with Gasteiger partial charge in [-0.15, -0.1) is 12.4 Å². The molecule has 6 heteroatoms. The molecule has 124 valence electrons. The first-order chi connectivity index (χ1) is 9.97. The fourth-order valence-electron chi connectivity index (χ4n) is 2.35. The van der Waals surface area contributed by atoms with Gasteiger partial charge in [0.15, 0.2) is 0 Å². The molecule has 1 aliphatic rings. The van der Waals surface area contributed by atoms with Crippen molar-refractivity contribution in [3.63, 3.8) is 0 Å². The number of hydrogen-bond acceptors (Lipinski definition) is 3. The van der Waals surface area contributed by atoms with Crippen molar-refractivity contribution in [1.29, 1.82) is 0 Å². The number of benzene rings is 1. The number of carbonyl (C=O) groups excluding carboxylic acids is 1. The van der Waals surface area contributed by atoms with Crippen LogP contribution in [0.5, 0.6) is 5.75 Å². The van der Waals surface area contributed by atoms with Gasteiger partial charge in [0.25, 0.3) is 0 Å². The van der Waals surface area contributed by atoms with Crippen LogP contribution in [0.3, 0.4) is 0 Å². The van der Waals surface area contributed by atoms with Crippen molar-refractivity contribution in [3.8, 4) is 5.75 Å². The van der Waals surface area contributed by atoms with E-state index < -0.39 is 0 Å². The summed E-state index contributed by atoms with van der Waals surface area (Å²) in [7, 11) is 0. The van der Waals surface area contributed by atoms with Crippen molar-refractivity contribution >= 4 is 35.6 Å². The first-order valence-corrected chi connectivity index (χ1v) is 7.88. The predicted octanol–water partition coefficient (Wildman–Crippen LogP) is 4.01. The van der Waals surface area contributed by atoms with Crippen LogP contribution in [0.1, 0.15) is 39.5 Å². The molecule has 0 heterocycles. The van der Waals surface area contributed by atoms with E-state index in [-0.39, 0.29) is 36.4 Å². The van der Waals surface area contributed by atoms with Crippen LogP contribution >= 0.6 is 24.0 Å². The second kappa shape index (κ2) is 8.61. The molecule has 1 saturated carbocycles. The lowest BCUT2D eigenvalue weighted by molar-refractivity contribution is -0.119. The number of amides is 1. The van der Waals surface area contributed by atoms with Gasteiger partial charge in [0.1, 0.15) is 5.75 Å². The fraction of sp³-hybridized carbons (Fsp3) is 0.562. The Balaban J connectivity index is 0.00000242. The minimum absolute atomic E-state index is 0. The second-order valence-electron chi connectivity index (χ2n) is 5.81. The predicted molar refractivity (Wildman–Crippen MR) is 93.0 cm³/mol. The third-order valence-corrected chi connectivity index (χ3v) is 4.29. The normalized spacial score (nSPS) is 17.5. The first-order valence-electron chi connectivity index (χ1n) is 7.50. The van der Waals surface area contributed by atoms with Crippen LogP contribution in [0, 0.1) is 5.92 Å². The number of halogens is 2. The molecule has 3 N–H and O–H groups in total. The molecule has 0 aromatic heterocycles. The van der Waals surface area contributed by atoms with Gasteiger partial charge in [-0.25, -0.2) is 0 Å². The maximum atomic E-state index is 12.0. The summed E-state index contributed by atoms with van der Waals surface area (Å²) in [5.74, 6) is 0.325. The summed E-state index contributed by atoms with van der Waals surface area (Å²) in [5.41, 5.74) is 6.39. The molecular formula is C16H24Cl2N2O2. The van der Waals surface area contributed by atoms with Crippen LogP contribution in [0.25, 0.3) is 0 Å². The van der Waals surface area contributed by atoms with Crippen LogP contribution < -0.4 is 15.8 Å². The molecule has 0 saturated heterocycles. The van der Waals surface area contributed by atoms with E-state index in [0.717, 1.165) is 12.8 Å². The molecule has 2 atom stereocenters. The Bertz CT molecular complexity index is 503. The highest BCUT2D eigenvalue weighted by atomic mass is 35.5. The number of ether oxygens (including phenoxy) is 1. The van der Waals surface area contributed by atoms with E-state index in [0.29, 0.717) is 16.5 Å². The van der Waals surface area contributed by atoms with Crippen molar-refractivity contribution in [3.05, 3.63) is 23.2 Å². The van der Waals surface area contributed by atoms with Gasteiger partial charge in [0, 0.05) is 11.7 Å². The highest BCUT2D eigenvalue weighted by molar-refractivity contribution is 6.32. The average molecular weight is 347 g/mol.